The van der Waals surface area contributed by atoms with Crippen LogP contribution in [-0.2, 0) is 16.0 Å². The largest absolute Gasteiger partial charge is 0.383 e. The molecule has 7 nitrogen and oxygen atoms in total. The first-order valence-electron chi connectivity index (χ1n) is 7.08. The fourth-order valence-corrected chi connectivity index (χ4v) is 2.13. The highest BCUT2D eigenvalue weighted by Gasteiger charge is 2.27. The van der Waals surface area contributed by atoms with E-state index in [0.717, 1.165) is 19.6 Å². The molecule has 1 aliphatic heterocycles. The van der Waals surface area contributed by atoms with Gasteiger partial charge in [0, 0.05) is 32.8 Å². The van der Waals surface area contributed by atoms with Crippen molar-refractivity contribution in [2.75, 3.05) is 40.0 Å². The Labute approximate surface area is 119 Å². The topological polar surface area (TPSA) is 72.7 Å². The van der Waals surface area contributed by atoms with Crippen molar-refractivity contribution >= 4 is 0 Å². The zero-order valence-electron chi connectivity index (χ0n) is 12.5. The highest BCUT2D eigenvalue weighted by molar-refractivity contribution is 4.94. The Balaban J connectivity index is 1.84. The van der Waals surface area contributed by atoms with Crippen molar-refractivity contribution in [1.29, 1.82) is 0 Å². The summed E-state index contributed by atoms with van der Waals surface area (Å²) >= 11 is 0. The highest BCUT2D eigenvalue weighted by Crippen LogP contribution is 2.20. The van der Waals surface area contributed by atoms with Crippen LogP contribution in [0.5, 0.6) is 0 Å². The molecule has 0 aliphatic carbocycles. The average molecular weight is 284 g/mol. The molecule has 1 unspecified atom stereocenters. The summed E-state index contributed by atoms with van der Waals surface area (Å²) in [6, 6.07) is 0.503. The molecular formula is C13H24N4O3. The molecule has 0 spiro atoms. The van der Waals surface area contributed by atoms with Crippen molar-refractivity contribution in [3.8, 4) is 0 Å². The van der Waals surface area contributed by atoms with Gasteiger partial charge in [-0.05, 0) is 13.8 Å². The maximum absolute atomic E-state index is 5.73. The van der Waals surface area contributed by atoms with Gasteiger partial charge >= 0.3 is 0 Å². The number of morpholine rings is 1. The highest BCUT2D eigenvalue weighted by atomic mass is 16.5. The molecule has 1 atom stereocenters. The van der Waals surface area contributed by atoms with Crippen LogP contribution in [0, 0.1) is 0 Å². The van der Waals surface area contributed by atoms with E-state index in [0.29, 0.717) is 37.5 Å². The zero-order valence-corrected chi connectivity index (χ0v) is 12.5. The Morgan fingerprint density at radius 1 is 1.50 bits per heavy atom. The number of aromatic nitrogens is 2. The van der Waals surface area contributed by atoms with E-state index < -0.39 is 0 Å². The second-order valence-electron chi connectivity index (χ2n) is 5.16. The molecule has 1 aliphatic rings. The van der Waals surface area contributed by atoms with Gasteiger partial charge in [0.05, 0.1) is 19.8 Å². The van der Waals surface area contributed by atoms with E-state index in [9.17, 15) is 0 Å². The Kier molecular flexibility index (Phi) is 5.90. The second-order valence-corrected chi connectivity index (χ2v) is 5.16. The SMILES string of the molecule is COCCNCc1nc(C2CN(C(C)C)CCO2)no1. The van der Waals surface area contributed by atoms with E-state index in [2.05, 4.69) is 34.2 Å². The molecule has 0 bridgehead atoms. The van der Waals surface area contributed by atoms with Crippen molar-refractivity contribution in [2.24, 2.45) is 0 Å². The van der Waals surface area contributed by atoms with Gasteiger partial charge in [0.1, 0.15) is 6.10 Å². The predicted molar refractivity (Wildman–Crippen MR) is 73.3 cm³/mol. The summed E-state index contributed by atoms with van der Waals surface area (Å²) in [4.78, 5) is 6.75. The molecule has 1 N–H and O–H groups in total. The van der Waals surface area contributed by atoms with Gasteiger partial charge in [-0.1, -0.05) is 5.16 Å². The van der Waals surface area contributed by atoms with Gasteiger partial charge in [-0.2, -0.15) is 4.98 Å². The fraction of sp³-hybridized carbons (Fsp3) is 0.846. The monoisotopic (exact) mass is 284 g/mol. The van der Waals surface area contributed by atoms with Crippen molar-refractivity contribution in [1.82, 2.24) is 20.4 Å². The van der Waals surface area contributed by atoms with Gasteiger partial charge < -0.3 is 19.3 Å². The lowest BCUT2D eigenvalue weighted by atomic mass is 10.2. The van der Waals surface area contributed by atoms with Crippen LogP contribution in [-0.4, -0.2) is 61.0 Å². The Hall–Kier alpha value is -1.02. The minimum Gasteiger partial charge on any atom is -0.383 e. The van der Waals surface area contributed by atoms with E-state index in [1.165, 1.54) is 0 Å². The maximum atomic E-state index is 5.73. The molecule has 0 radical (unpaired) electrons. The standard InChI is InChI=1S/C13H24N4O3/c1-10(2)17-5-7-19-11(9-17)13-15-12(20-16-13)8-14-4-6-18-3/h10-11,14H,4-9H2,1-3H3. The van der Waals surface area contributed by atoms with Crippen LogP contribution >= 0.6 is 0 Å². The molecule has 114 valence electrons. The molecule has 1 aromatic rings. The van der Waals surface area contributed by atoms with Gasteiger partial charge in [0.2, 0.25) is 11.7 Å². The third-order valence-electron chi connectivity index (χ3n) is 3.36. The normalized spacial score (nSPS) is 20.7. The van der Waals surface area contributed by atoms with Crippen LogP contribution in [0.3, 0.4) is 0 Å². The minimum atomic E-state index is -0.0948. The smallest absolute Gasteiger partial charge is 0.240 e. The first-order valence-corrected chi connectivity index (χ1v) is 7.08. The summed E-state index contributed by atoms with van der Waals surface area (Å²) in [7, 11) is 1.67. The van der Waals surface area contributed by atoms with E-state index in [4.69, 9.17) is 14.0 Å². The van der Waals surface area contributed by atoms with E-state index in [1.807, 2.05) is 0 Å². The summed E-state index contributed by atoms with van der Waals surface area (Å²) in [5.74, 6) is 1.22. The average Bonchev–Trinajstić information content (AvgIpc) is 2.92. The number of nitrogens with zero attached hydrogens (tertiary/aromatic N) is 3. The van der Waals surface area contributed by atoms with Crippen LogP contribution in [0.4, 0.5) is 0 Å². The van der Waals surface area contributed by atoms with E-state index in [1.54, 1.807) is 7.11 Å². The van der Waals surface area contributed by atoms with Crippen molar-refractivity contribution in [3.05, 3.63) is 11.7 Å². The third kappa shape index (κ3) is 4.24. The Morgan fingerprint density at radius 2 is 2.35 bits per heavy atom. The maximum Gasteiger partial charge on any atom is 0.240 e. The zero-order chi connectivity index (χ0) is 14.4. The van der Waals surface area contributed by atoms with E-state index >= 15 is 0 Å². The Bertz CT molecular complexity index is 397. The molecule has 1 fully saturated rings. The predicted octanol–water partition coefficient (Wildman–Crippen LogP) is 0.587. The molecule has 1 saturated heterocycles. The van der Waals surface area contributed by atoms with Gasteiger partial charge in [0.15, 0.2) is 0 Å². The lowest BCUT2D eigenvalue weighted by Crippen LogP contribution is -2.42. The quantitative estimate of drug-likeness (QED) is 0.734. The van der Waals surface area contributed by atoms with Crippen LogP contribution in [0.15, 0.2) is 4.52 Å². The first-order chi connectivity index (χ1) is 9.70. The summed E-state index contributed by atoms with van der Waals surface area (Å²) < 4.78 is 15.9. The van der Waals surface area contributed by atoms with Crippen molar-refractivity contribution in [3.63, 3.8) is 0 Å². The third-order valence-corrected chi connectivity index (χ3v) is 3.36. The number of methoxy groups -OCH3 is 1. The van der Waals surface area contributed by atoms with Crippen LogP contribution < -0.4 is 5.32 Å². The van der Waals surface area contributed by atoms with E-state index in [-0.39, 0.29) is 6.10 Å². The molecule has 1 aromatic heterocycles. The second kappa shape index (κ2) is 7.68. The molecule has 0 aromatic carbocycles. The van der Waals surface area contributed by atoms with Gasteiger partial charge in [-0.15, -0.1) is 0 Å². The molecule has 7 heteroatoms. The summed E-state index contributed by atoms with van der Waals surface area (Å²) in [6.45, 7) is 8.82. The van der Waals surface area contributed by atoms with Crippen LogP contribution in [0.1, 0.15) is 31.7 Å². The number of hydrogen-bond acceptors (Lipinski definition) is 7. The molecule has 2 rings (SSSR count). The summed E-state index contributed by atoms with van der Waals surface area (Å²) in [6.07, 6.45) is -0.0948. The summed E-state index contributed by atoms with van der Waals surface area (Å²) in [5.41, 5.74) is 0. The Morgan fingerprint density at radius 3 is 3.10 bits per heavy atom. The van der Waals surface area contributed by atoms with Gasteiger partial charge in [-0.3, -0.25) is 4.90 Å². The minimum absolute atomic E-state index is 0.0948. The lowest BCUT2D eigenvalue weighted by Gasteiger charge is -2.34. The number of ether oxygens (including phenoxy) is 2. The summed E-state index contributed by atoms with van der Waals surface area (Å²) in [5, 5.41) is 7.20. The number of rotatable bonds is 7. The molecule has 20 heavy (non-hydrogen) atoms. The van der Waals surface area contributed by atoms with Crippen LogP contribution in [0.25, 0.3) is 0 Å². The van der Waals surface area contributed by atoms with Crippen molar-refractivity contribution < 1.29 is 14.0 Å². The first kappa shape index (κ1) is 15.4. The van der Waals surface area contributed by atoms with Gasteiger partial charge in [0.25, 0.3) is 0 Å². The van der Waals surface area contributed by atoms with Gasteiger partial charge in [-0.25, -0.2) is 0 Å². The molecule has 2 heterocycles. The molecule has 0 saturated carbocycles. The number of nitrogens with one attached hydrogen (secondary N) is 1. The molecular weight excluding hydrogens is 260 g/mol. The lowest BCUT2D eigenvalue weighted by molar-refractivity contribution is -0.0450. The number of hydrogen-bond donors (Lipinski definition) is 1. The van der Waals surface area contributed by atoms with Crippen molar-refractivity contribution in [2.45, 2.75) is 32.5 Å². The molecule has 0 amide bonds. The fourth-order valence-electron chi connectivity index (χ4n) is 2.13. The van der Waals surface area contributed by atoms with Crippen LogP contribution in [0.2, 0.25) is 0 Å².